The molecule has 0 saturated heterocycles. The predicted molar refractivity (Wildman–Crippen MR) is 121 cm³/mol. The summed E-state index contributed by atoms with van der Waals surface area (Å²) in [5, 5.41) is 3.05. The van der Waals surface area contributed by atoms with E-state index in [1.54, 1.807) is 16.7 Å². The first-order chi connectivity index (χ1) is 14.0. The molecule has 29 heavy (non-hydrogen) atoms. The summed E-state index contributed by atoms with van der Waals surface area (Å²) >= 11 is 1.67. The lowest BCUT2D eigenvalue weighted by atomic mass is 10.1. The van der Waals surface area contributed by atoms with Crippen LogP contribution in [0.4, 0.5) is 0 Å². The minimum absolute atomic E-state index is 0.0171. The molecule has 2 aromatic rings. The van der Waals surface area contributed by atoms with E-state index in [0.717, 1.165) is 16.9 Å². The van der Waals surface area contributed by atoms with Crippen molar-refractivity contribution in [2.45, 2.75) is 63.6 Å². The molecule has 0 bridgehead atoms. The largest absolute Gasteiger partial charge is 0.352 e. The molecule has 156 valence electrons. The van der Waals surface area contributed by atoms with Crippen LogP contribution in [-0.2, 0) is 16.1 Å². The molecule has 0 aliphatic rings. The van der Waals surface area contributed by atoms with Crippen LogP contribution in [0.1, 0.15) is 45.6 Å². The summed E-state index contributed by atoms with van der Waals surface area (Å²) in [5.41, 5.74) is 1.03. The number of amides is 2. The van der Waals surface area contributed by atoms with Crippen LogP contribution in [0.2, 0.25) is 0 Å². The molecule has 2 rings (SSSR count). The highest BCUT2D eigenvalue weighted by atomic mass is 32.2. The van der Waals surface area contributed by atoms with Crippen molar-refractivity contribution in [3.05, 3.63) is 66.2 Å². The molecule has 2 atom stereocenters. The summed E-state index contributed by atoms with van der Waals surface area (Å²) in [6.45, 7) is 6.44. The fourth-order valence-corrected chi connectivity index (χ4v) is 3.92. The second-order valence-electron chi connectivity index (χ2n) is 7.16. The first-order valence-electron chi connectivity index (χ1n) is 10.4. The maximum atomic E-state index is 13.1. The maximum absolute atomic E-state index is 13.1. The van der Waals surface area contributed by atoms with Gasteiger partial charge in [0, 0.05) is 29.7 Å². The average Bonchev–Trinajstić information content (AvgIpc) is 2.74. The summed E-state index contributed by atoms with van der Waals surface area (Å²) in [6.07, 6.45) is 1.86. The molecular weight excluding hydrogens is 380 g/mol. The third-order valence-corrected chi connectivity index (χ3v) is 5.92. The van der Waals surface area contributed by atoms with Crippen molar-refractivity contribution in [1.29, 1.82) is 0 Å². The highest BCUT2D eigenvalue weighted by molar-refractivity contribution is 7.99. The highest BCUT2D eigenvalue weighted by Crippen LogP contribution is 2.20. The van der Waals surface area contributed by atoms with Crippen molar-refractivity contribution in [3.8, 4) is 0 Å². The Morgan fingerprint density at radius 2 is 1.59 bits per heavy atom. The number of nitrogens with one attached hydrogen (secondary N) is 1. The van der Waals surface area contributed by atoms with E-state index in [-0.39, 0.29) is 17.9 Å². The van der Waals surface area contributed by atoms with Gasteiger partial charge < -0.3 is 10.2 Å². The topological polar surface area (TPSA) is 49.4 Å². The van der Waals surface area contributed by atoms with Gasteiger partial charge in [-0.3, -0.25) is 9.59 Å². The lowest BCUT2D eigenvalue weighted by Gasteiger charge is -2.31. The molecule has 1 N–H and O–H groups in total. The van der Waals surface area contributed by atoms with Gasteiger partial charge in [0.05, 0.1) is 0 Å². The molecule has 4 nitrogen and oxygen atoms in total. The molecule has 2 amide bonds. The van der Waals surface area contributed by atoms with Crippen LogP contribution >= 0.6 is 11.8 Å². The summed E-state index contributed by atoms with van der Waals surface area (Å²) in [7, 11) is 0. The molecule has 2 aromatic carbocycles. The fraction of sp³-hybridized carbons (Fsp3) is 0.417. The number of hydrogen-bond donors (Lipinski definition) is 1. The van der Waals surface area contributed by atoms with Crippen molar-refractivity contribution >= 4 is 23.6 Å². The monoisotopic (exact) mass is 412 g/mol. The van der Waals surface area contributed by atoms with Gasteiger partial charge in [0.2, 0.25) is 11.8 Å². The Morgan fingerprint density at radius 3 is 2.17 bits per heavy atom. The Kier molecular flexibility index (Phi) is 9.78. The van der Waals surface area contributed by atoms with E-state index in [0.29, 0.717) is 25.1 Å². The zero-order valence-electron chi connectivity index (χ0n) is 17.6. The molecule has 5 heteroatoms. The predicted octanol–water partition coefficient (Wildman–Crippen LogP) is 4.89. The lowest BCUT2D eigenvalue weighted by molar-refractivity contribution is -0.141. The molecule has 0 radical (unpaired) electrons. The van der Waals surface area contributed by atoms with E-state index < -0.39 is 6.04 Å². The first-order valence-corrected chi connectivity index (χ1v) is 11.3. The van der Waals surface area contributed by atoms with Gasteiger partial charge in [-0.05, 0) is 37.5 Å². The van der Waals surface area contributed by atoms with Gasteiger partial charge in [-0.2, -0.15) is 0 Å². The van der Waals surface area contributed by atoms with Crippen molar-refractivity contribution in [1.82, 2.24) is 10.2 Å². The Labute approximate surface area is 179 Å². The summed E-state index contributed by atoms with van der Waals surface area (Å²) in [6, 6.07) is 19.6. The van der Waals surface area contributed by atoms with Crippen LogP contribution in [0, 0.1) is 0 Å². The third-order valence-electron chi connectivity index (χ3n) is 4.91. The zero-order chi connectivity index (χ0) is 21.1. The summed E-state index contributed by atoms with van der Waals surface area (Å²) < 4.78 is 0. The number of carbonyl (C=O) groups is 2. The normalized spacial score (nSPS) is 12.8. The molecule has 0 saturated carbocycles. The van der Waals surface area contributed by atoms with Gasteiger partial charge in [0.1, 0.15) is 6.04 Å². The van der Waals surface area contributed by atoms with Gasteiger partial charge in [0.25, 0.3) is 0 Å². The summed E-state index contributed by atoms with van der Waals surface area (Å²) in [5.74, 6) is 0.641. The van der Waals surface area contributed by atoms with Crippen molar-refractivity contribution in [2.24, 2.45) is 0 Å². The Morgan fingerprint density at radius 1 is 0.966 bits per heavy atom. The van der Waals surface area contributed by atoms with Gasteiger partial charge in [0.15, 0.2) is 0 Å². The van der Waals surface area contributed by atoms with E-state index >= 15 is 0 Å². The molecule has 0 aliphatic carbocycles. The van der Waals surface area contributed by atoms with Crippen LogP contribution in [-0.4, -0.2) is 34.6 Å². The second kappa shape index (κ2) is 12.3. The van der Waals surface area contributed by atoms with Crippen molar-refractivity contribution in [2.75, 3.05) is 5.75 Å². The SMILES string of the molecule is CC[C@H](C(=O)N[C@@H](C)CC)N(Cc1ccccc1)C(=O)CCSc1ccccc1. The summed E-state index contributed by atoms with van der Waals surface area (Å²) in [4.78, 5) is 28.9. The molecule has 0 heterocycles. The lowest BCUT2D eigenvalue weighted by Crippen LogP contribution is -2.50. The van der Waals surface area contributed by atoms with E-state index in [2.05, 4.69) is 5.32 Å². The van der Waals surface area contributed by atoms with E-state index in [4.69, 9.17) is 0 Å². The standard InChI is InChI=1S/C24H32N2O2S/c1-4-19(3)25-24(28)22(5-2)26(18-20-12-8-6-9-13-20)23(27)16-17-29-21-14-10-7-11-15-21/h6-15,19,22H,4-5,16-18H2,1-3H3,(H,25,28)/t19-,22+/m0/s1. The number of carbonyl (C=O) groups excluding carboxylic acids is 2. The number of rotatable bonds is 11. The zero-order valence-corrected chi connectivity index (χ0v) is 18.5. The molecule has 0 spiro atoms. The van der Waals surface area contributed by atoms with Gasteiger partial charge in [-0.25, -0.2) is 0 Å². The minimum Gasteiger partial charge on any atom is -0.352 e. The molecule has 0 aliphatic heterocycles. The fourth-order valence-electron chi connectivity index (χ4n) is 3.06. The van der Waals surface area contributed by atoms with Crippen LogP contribution in [0.5, 0.6) is 0 Å². The van der Waals surface area contributed by atoms with Crippen LogP contribution in [0.3, 0.4) is 0 Å². The molecule has 0 unspecified atom stereocenters. The van der Waals surface area contributed by atoms with Gasteiger partial charge >= 0.3 is 0 Å². The van der Waals surface area contributed by atoms with Crippen molar-refractivity contribution < 1.29 is 9.59 Å². The van der Waals surface area contributed by atoms with E-state index in [1.807, 2.05) is 81.4 Å². The Bertz CT molecular complexity index is 752. The van der Waals surface area contributed by atoms with Crippen LogP contribution < -0.4 is 5.32 Å². The van der Waals surface area contributed by atoms with Crippen LogP contribution in [0.25, 0.3) is 0 Å². The van der Waals surface area contributed by atoms with E-state index in [9.17, 15) is 9.59 Å². The average molecular weight is 413 g/mol. The van der Waals surface area contributed by atoms with Gasteiger partial charge in [-0.15, -0.1) is 11.8 Å². The maximum Gasteiger partial charge on any atom is 0.243 e. The quantitative estimate of drug-likeness (QED) is 0.535. The third kappa shape index (κ3) is 7.58. The minimum atomic E-state index is -0.460. The smallest absolute Gasteiger partial charge is 0.243 e. The Balaban J connectivity index is 2.09. The van der Waals surface area contributed by atoms with E-state index in [1.165, 1.54) is 0 Å². The number of benzene rings is 2. The second-order valence-corrected chi connectivity index (χ2v) is 8.33. The first kappa shape index (κ1) is 23.0. The highest BCUT2D eigenvalue weighted by Gasteiger charge is 2.28. The molecule has 0 aromatic heterocycles. The Hall–Kier alpha value is -2.27. The van der Waals surface area contributed by atoms with Crippen LogP contribution in [0.15, 0.2) is 65.6 Å². The molecular formula is C24H32N2O2S. The number of nitrogens with zero attached hydrogens (tertiary/aromatic N) is 1. The number of thioether (sulfide) groups is 1. The van der Waals surface area contributed by atoms with Crippen molar-refractivity contribution in [3.63, 3.8) is 0 Å². The molecule has 0 fully saturated rings. The number of hydrogen-bond acceptors (Lipinski definition) is 3. The van der Waals surface area contributed by atoms with Gasteiger partial charge in [-0.1, -0.05) is 62.4 Å².